The third kappa shape index (κ3) is 3.40. The first kappa shape index (κ1) is 23.7. The van der Waals surface area contributed by atoms with Crippen LogP contribution in [0.2, 0.25) is 0 Å². The molecule has 196 valence electrons. The summed E-state index contributed by atoms with van der Waals surface area (Å²) in [5, 5.41) is 28.8. The molecule has 4 atom stereocenters. The lowest BCUT2D eigenvalue weighted by Crippen LogP contribution is -2.78. The molecule has 37 heavy (non-hydrogen) atoms. The second-order valence-electron chi connectivity index (χ2n) is 10.4. The molecule has 13 nitrogen and oxygen atoms in total. The molecule has 0 aromatic heterocycles. The Morgan fingerprint density at radius 2 is 1.78 bits per heavy atom. The number of hydrogen-bond donors (Lipinski definition) is 6. The van der Waals surface area contributed by atoms with Gasteiger partial charge in [0.15, 0.2) is 17.6 Å². The van der Waals surface area contributed by atoms with Gasteiger partial charge in [-0.3, -0.25) is 19.3 Å². The number of fused-ring (bicyclic) bond motifs is 1. The number of aryl methyl sites for hydroxylation is 2. The van der Waals surface area contributed by atoms with Gasteiger partial charge in [0.25, 0.3) is 5.91 Å². The number of aliphatic imine (C=N–C) groups is 2. The first-order valence-electron chi connectivity index (χ1n) is 12.5. The van der Waals surface area contributed by atoms with E-state index in [-0.39, 0.29) is 49.7 Å². The van der Waals surface area contributed by atoms with Crippen LogP contribution in [0.25, 0.3) is 0 Å². The number of benzene rings is 1. The lowest BCUT2D eigenvalue weighted by atomic mass is 9.84. The Labute approximate surface area is 212 Å². The third-order valence-corrected chi connectivity index (χ3v) is 8.24. The van der Waals surface area contributed by atoms with E-state index in [2.05, 4.69) is 20.6 Å². The van der Waals surface area contributed by atoms with Crippen LogP contribution in [0.3, 0.4) is 0 Å². The average Bonchev–Trinajstić information content (AvgIpc) is 3.46. The zero-order chi connectivity index (χ0) is 26.1. The Kier molecular flexibility index (Phi) is 5.21. The molecule has 1 aromatic rings. The molecule has 5 aliphatic rings. The van der Waals surface area contributed by atoms with Gasteiger partial charge >= 0.3 is 0 Å². The summed E-state index contributed by atoms with van der Waals surface area (Å²) in [6.07, 6.45) is 4.29. The second-order valence-corrected chi connectivity index (χ2v) is 10.4. The highest BCUT2D eigenvalue weighted by Crippen LogP contribution is 2.45. The van der Waals surface area contributed by atoms with Gasteiger partial charge in [0.1, 0.15) is 12.1 Å². The predicted octanol–water partition coefficient (Wildman–Crippen LogP) is -2.51. The Hall–Kier alpha value is -3.71. The Bertz CT molecular complexity index is 1250. The quantitative estimate of drug-likeness (QED) is 0.187. The first-order chi connectivity index (χ1) is 17.6. The van der Waals surface area contributed by atoms with Crippen molar-refractivity contribution >= 4 is 29.6 Å². The third-order valence-electron chi connectivity index (χ3n) is 8.24. The van der Waals surface area contributed by atoms with Crippen LogP contribution >= 0.6 is 0 Å². The van der Waals surface area contributed by atoms with E-state index in [1.54, 1.807) is 6.07 Å². The number of nitrogens with one attached hydrogen (secondary N) is 2. The smallest absolute Gasteiger partial charge is 0.251 e. The van der Waals surface area contributed by atoms with Gasteiger partial charge in [-0.15, -0.1) is 0 Å². The average molecular weight is 511 g/mol. The highest BCUT2D eigenvalue weighted by molar-refractivity contribution is 6.02. The number of likely N-dealkylation sites (tertiary alicyclic amines) is 1. The zero-order valence-corrected chi connectivity index (χ0v) is 20.2. The van der Waals surface area contributed by atoms with Gasteiger partial charge in [0.2, 0.25) is 17.6 Å². The van der Waals surface area contributed by atoms with E-state index in [1.807, 2.05) is 12.1 Å². The summed E-state index contributed by atoms with van der Waals surface area (Å²) in [6, 6.07) is 2.49. The lowest BCUT2D eigenvalue weighted by molar-refractivity contribution is -0.230. The minimum absolute atomic E-state index is 0.0456. The minimum atomic E-state index is -2.59. The number of aliphatic hydroxyl groups is 2. The van der Waals surface area contributed by atoms with Gasteiger partial charge in [0, 0.05) is 24.9 Å². The Morgan fingerprint density at radius 1 is 1.08 bits per heavy atom. The van der Waals surface area contributed by atoms with E-state index >= 15 is 0 Å². The van der Waals surface area contributed by atoms with Crippen molar-refractivity contribution in [2.24, 2.45) is 21.5 Å². The lowest BCUT2D eigenvalue weighted by Gasteiger charge is -2.49. The summed E-state index contributed by atoms with van der Waals surface area (Å²) in [7, 11) is 0. The number of imide groups is 1. The van der Waals surface area contributed by atoms with Crippen molar-refractivity contribution in [3.63, 3.8) is 0 Å². The number of nitrogens with two attached hydrogens (primary N) is 2. The molecule has 4 aliphatic heterocycles. The molecular formula is C24H30N8O5. The van der Waals surface area contributed by atoms with E-state index < -0.39 is 35.5 Å². The number of carbonyl (C=O) groups excluding carboxylic acids is 3. The van der Waals surface area contributed by atoms with Crippen LogP contribution in [0, 0.1) is 0 Å². The molecule has 1 aliphatic carbocycles. The van der Waals surface area contributed by atoms with Gasteiger partial charge in [-0.1, -0.05) is 6.07 Å². The van der Waals surface area contributed by atoms with Gasteiger partial charge in [-0.2, -0.15) is 0 Å². The van der Waals surface area contributed by atoms with E-state index in [1.165, 1.54) is 10.5 Å². The molecule has 2 saturated heterocycles. The molecule has 3 amide bonds. The van der Waals surface area contributed by atoms with Crippen molar-refractivity contribution in [3.05, 3.63) is 34.9 Å². The largest absolute Gasteiger partial charge is 0.370 e. The molecule has 1 aromatic carbocycles. The predicted molar refractivity (Wildman–Crippen MR) is 131 cm³/mol. The highest BCUT2D eigenvalue weighted by atomic mass is 16.5. The van der Waals surface area contributed by atoms with Gasteiger partial charge in [0.05, 0.1) is 12.6 Å². The molecule has 4 heterocycles. The van der Waals surface area contributed by atoms with Gasteiger partial charge < -0.3 is 37.2 Å². The number of amides is 3. The topological polar surface area (TPSA) is 199 Å². The second kappa shape index (κ2) is 8.15. The highest BCUT2D eigenvalue weighted by Gasteiger charge is 2.73. The SMILES string of the molecule is NC1=N[C@H]2[C@H](CN3C(=O)CCC3=O)N=C(N)N3CC(NC(=O)c4ccc5c(c4)CCCC5)C(O)(O)[C@]23N1. The van der Waals surface area contributed by atoms with Gasteiger partial charge in [-0.05, 0) is 48.9 Å². The molecular weight excluding hydrogens is 480 g/mol. The number of hydrogen-bond acceptors (Lipinski definition) is 11. The van der Waals surface area contributed by atoms with E-state index in [0.717, 1.165) is 36.1 Å². The zero-order valence-electron chi connectivity index (χ0n) is 20.2. The molecule has 0 radical (unpaired) electrons. The molecule has 8 N–H and O–H groups in total. The van der Waals surface area contributed by atoms with Crippen molar-refractivity contribution < 1.29 is 24.6 Å². The van der Waals surface area contributed by atoms with E-state index in [0.29, 0.717) is 5.56 Å². The Balaban J connectivity index is 1.29. The fourth-order valence-corrected chi connectivity index (χ4v) is 6.37. The summed E-state index contributed by atoms with van der Waals surface area (Å²) in [4.78, 5) is 49.0. The number of nitrogens with zero attached hydrogens (tertiary/aromatic N) is 4. The fourth-order valence-electron chi connectivity index (χ4n) is 6.37. The fraction of sp³-hybridized carbons (Fsp3) is 0.542. The van der Waals surface area contributed by atoms with Crippen LogP contribution in [0.1, 0.15) is 47.2 Å². The molecule has 13 heteroatoms. The molecule has 0 saturated carbocycles. The summed E-state index contributed by atoms with van der Waals surface area (Å²) in [5.74, 6) is -3.83. The molecule has 6 rings (SSSR count). The van der Waals surface area contributed by atoms with Crippen molar-refractivity contribution in [1.82, 2.24) is 20.4 Å². The van der Waals surface area contributed by atoms with Gasteiger partial charge in [-0.25, -0.2) is 9.98 Å². The van der Waals surface area contributed by atoms with Crippen LogP contribution in [-0.2, 0) is 22.4 Å². The van der Waals surface area contributed by atoms with Crippen molar-refractivity contribution in [2.75, 3.05) is 13.1 Å². The summed E-state index contributed by atoms with van der Waals surface area (Å²) in [5.41, 5.74) is 13.3. The molecule has 1 unspecified atom stereocenters. The molecule has 2 fully saturated rings. The normalized spacial score (nSPS) is 31.8. The van der Waals surface area contributed by atoms with Crippen LogP contribution in [0.4, 0.5) is 0 Å². The summed E-state index contributed by atoms with van der Waals surface area (Å²) < 4.78 is 0. The van der Waals surface area contributed by atoms with Crippen molar-refractivity contribution in [1.29, 1.82) is 0 Å². The van der Waals surface area contributed by atoms with Crippen LogP contribution < -0.4 is 22.1 Å². The van der Waals surface area contributed by atoms with Crippen LogP contribution in [0.5, 0.6) is 0 Å². The van der Waals surface area contributed by atoms with Crippen LogP contribution in [0.15, 0.2) is 28.2 Å². The van der Waals surface area contributed by atoms with Crippen LogP contribution in [-0.4, -0.2) is 92.3 Å². The maximum absolute atomic E-state index is 13.2. The van der Waals surface area contributed by atoms with E-state index in [4.69, 9.17) is 11.5 Å². The Morgan fingerprint density at radius 3 is 2.51 bits per heavy atom. The van der Waals surface area contributed by atoms with Crippen molar-refractivity contribution in [2.45, 2.75) is 68.1 Å². The number of carbonyl (C=O) groups is 3. The summed E-state index contributed by atoms with van der Waals surface area (Å²) in [6.45, 7) is -0.209. The standard InChI is InChI=1S/C24H30N8O5/c25-21-29-19-15(10-31-17(33)7-8-18(31)34)27-22(26)32-11-16(24(36,37)23(19,32)30-21)28-20(35)14-6-5-12-3-1-2-4-13(12)9-14/h5-6,9,15-16,19,36-37H,1-4,7-8,10-11H2,(H2,26,27)(H,28,35)(H3,25,29,30)/t15-,16?,19-,23-/m0/s1. The molecule has 1 spiro atoms. The monoisotopic (exact) mass is 510 g/mol. The minimum Gasteiger partial charge on any atom is -0.370 e. The number of guanidine groups is 2. The maximum atomic E-state index is 13.2. The summed E-state index contributed by atoms with van der Waals surface area (Å²) >= 11 is 0. The molecule has 0 bridgehead atoms. The first-order valence-corrected chi connectivity index (χ1v) is 12.5. The number of rotatable bonds is 4. The van der Waals surface area contributed by atoms with Crippen molar-refractivity contribution in [3.8, 4) is 0 Å². The van der Waals surface area contributed by atoms with E-state index in [9.17, 15) is 24.6 Å². The maximum Gasteiger partial charge on any atom is 0.251 e.